The highest BCUT2D eigenvalue weighted by atomic mass is 32.2. The van der Waals surface area contributed by atoms with Crippen molar-refractivity contribution < 1.29 is 30.8 Å². The smallest absolute Gasteiger partial charge is 0.282 e. The van der Waals surface area contributed by atoms with Crippen molar-refractivity contribution in [3.8, 4) is 11.1 Å². The zero-order chi connectivity index (χ0) is 26.8. The van der Waals surface area contributed by atoms with Crippen LogP contribution in [-0.2, 0) is 16.6 Å². The topological polar surface area (TPSA) is 114 Å². The van der Waals surface area contributed by atoms with E-state index in [4.69, 9.17) is 4.42 Å². The molecular weight excluding hydrogens is 523 g/mol. The Hall–Kier alpha value is -4.32. The lowest BCUT2D eigenvalue weighted by Crippen LogP contribution is -2.35. The predicted octanol–water partition coefficient (Wildman–Crippen LogP) is 4.43. The van der Waals surface area contributed by atoms with Gasteiger partial charge < -0.3 is 14.0 Å². The van der Waals surface area contributed by atoms with Crippen molar-refractivity contribution in [3.63, 3.8) is 0 Å². The first kappa shape index (κ1) is 24.0. The summed E-state index contributed by atoms with van der Waals surface area (Å²) in [5.41, 5.74) is -1.61. The van der Waals surface area contributed by atoms with Crippen LogP contribution < -0.4 is 10.3 Å². The first-order chi connectivity index (χ1) is 18.2. The zero-order valence-electron chi connectivity index (χ0n) is 19.4. The molecule has 1 fully saturated rings. The van der Waals surface area contributed by atoms with Crippen LogP contribution in [0.5, 0.6) is 0 Å². The van der Waals surface area contributed by atoms with Gasteiger partial charge in [0.2, 0.25) is 10.0 Å². The number of nitrogens with zero attached hydrogens (tertiary/aromatic N) is 1. The average Bonchev–Trinajstić information content (AvgIpc) is 3.55. The van der Waals surface area contributed by atoms with Crippen molar-refractivity contribution in [2.75, 3.05) is 0 Å². The molecule has 8 nitrogen and oxygen atoms in total. The summed E-state index contributed by atoms with van der Waals surface area (Å²) in [4.78, 5) is 29.1. The molecule has 0 bridgehead atoms. The van der Waals surface area contributed by atoms with E-state index in [0.717, 1.165) is 28.8 Å². The number of sulfonamides is 1. The summed E-state index contributed by atoms with van der Waals surface area (Å²) >= 11 is 0. The van der Waals surface area contributed by atoms with E-state index in [0.29, 0.717) is 18.2 Å². The standard InChI is InChI=1S/C26H18F3N3O5S/c27-15-3-6-18(28)14(10-15)12-32-22-19(29)11-13-7-9-37-24(13)21(22)20(17-2-1-8-30-25(17)33)23(32)26(34)31-38(35,36)16-4-5-16/h1-3,6-11,16H,4-5,12H2,(H,30,33)(H,31,34). The molecule has 2 aromatic carbocycles. The van der Waals surface area contributed by atoms with Gasteiger partial charge in [0, 0.05) is 22.7 Å². The summed E-state index contributed by atoms with van der Waals surface area (Å²) in [6, 6.07) is 8.17. The Morgan fingerprint density at radius 1 is 1.11 bits per heavy atom. The number of carbonyl (C=O) groups excluding carboxylic acids is 1. The second-order valence-electron chi connectivity index (χ2n) is 9.05. The van der Waals surface area contributed by atoms with Gasteiger partial charge in [-0.2, -0.15) is 0 Å². The number of rotatable bonds is 6. The molecule has 12 heteroatoms. The van der Waals surface area contributed by atoms with Gasteiger partial charge in [-0.25, -0.2) is 26.3 Å². The van der Waals surface area contributed by atoms with Gasteiger partial charge in [0.1, 0.15) is 28.7 Å². The van der Waals surface area contributed by atoms with Crippen LogP contribution in [0.1, 0.15) is 28.9 Å². The molecule has 5 aromatic rings. The second kappa shape index (κ2) is 8.62. The van der Waals surface area contributed by atoms with E-state index in [1.807, 2.05) is 4.72 Å². The van der Waals surface area contributed by atoms with Gasteiger partial charge in [0.05, 0.1) is 34.5 Å². The lowest BCUT2D eigenvalue weighted by molar-refractivity contribution is 0.0973. The largest absolute Gasteiger partial charge is 0.464 e. The summed E-state index contributed by atoms with van der Waals surface area (Å²) in [6.45, 7) is -0.555. The quantitative estimate of drug-likeness (QED) is 0.330. The van der Waals surface area contributed by atoms with Gasteiger partial charge in [0.25, 0.3) is 11.5 Å². The van der Waals surface area contributed by atoms with Crippen LogP contribution >= 0.6 is 0 Å². The van der Waals surface area contributed by atoms with Crippen molar-refractivity contribution in [1.82, 2.24) is 14.3 Å². The van der Waals surface area contributed by atoms with Gasteiger partial charge in [-0.3, -0.25) is 9.59 Å². The monoisotopic (exact) mass is 541 g/mol. The summed E-state index contributed by atoms with van der Waals surface area (Å²) in [6.07, 6.45) is 3.39. The van der Waals surface area contributed by atoms with E-state index in [1.165, 1.54) is 30.7 Å². The minimum Gasteiger partial charge on any atom is -0.464 e. The molecule has 3 heterocycles. The molecule has 1 amide bonds. The van der Waals surface area contributed by atoms with E-state index in [-0.39, 0.29) is 33.2 Å². The Bertz CT molecular complexity index is 1940. The molecule has 194 valence electrons. The SMILES string of the molecule is O=C(NS(=O)(=O)C1CC1)c1c(-c2ccc[nH]c2=O)c2c3occc3cc(F)c2n1Cc1cc(F)ccc1F. The Morgan fingerprint density at radius 3 is 2.63 bits per heavy atom. The first-order valence-electron chi connectivity index (χ1n) is 11.6. The maximum absolute atomic E-state index is 15.7. The summed E-state index contributed by atoms with van der Waals surface area (Å²) in [7, 11) is -4.08. The van der Waals surface area contributed by atoms with Crippen molar-refractivity contribution in [1.29, 1.82) is 0 Å². The number of nitrogens with one attached hydrogen (secondary N) is 2. The molecule has 0 radical (unpaired) electrons. The van der Waals surface area contributed by atoms with Crippen LogP contribution in [0.2, 0.25) is 0 Å². The summed E-state index contributed by atoms with van der Waals surface area (Å²) in [5, 5.41) is -0.440. The third-order valence-corrected chi connectivity index (χ3v) is 8.35. The van der Waals surface area contributed by atoms with Gasteiger partial charge in [-0.1, -0.05) is 0 Å². The fraction of sp³-hybridized carbons (Fsp3) is 0.154. The molecule has 0 unspecified atom stereocenters. The molecule has 2 N–H and O–H groups in total. The summed E-state index contributed by atoms with van der Waals surface area (Å²) < 4.78 is 78.6. The van der Waals surface area contributed by atoms with Crippen LogP contribution in [0.25, 0.3) is 33.0 Å². The first-order valence-corrected chi connectivity index (χ1v) is 13.1. The summed E-state index contributed by atoms with van der Waals surface area (Å²) in [5.74, 6) is -3.59. The van der Waals surface area contributed by atoms with E-state index < -0.39 is 56.4 Å². The molecule has 38 heavy (non-hydrogen) atoms. The van der Waals surface area contributed by atoms with Crippen LogP contribution in [0.4, 0.5) is 13.2 Å². The molecule has 1 aliphatic carbocycles. The molecule has 0 atom stereocenters. The number of carbonyl (C=O) groups is 1. The maximum atomic E-state index is 15.7. The average molecular weight is 542 g/mol. The van der Waals surface area contributed by atoms with Gasteiger partial charge >= 0.3 is 0 Å². The molecular formula is C26H18F3N3O5S. The number of pyridine rings is 1. The van der Waals surface area contributed by atoms with Crippen LogP contribution in [0, 0.1) is 17.5 Å². The Labute approximate surface area is 212 Å². The minimum absolute atomic E-state index is 0.00693. The number of aromatic amines is 1. The molecule has 6 rings (SSSR count). The van der Waals surface area contributed by atoms with Crippen molar-refractivity contribution >= 4 is 37.8 Å². The third kappa shape index (κ3) is 3.88. The zero-order valence-corrected chi connectivity index (χ0v) is 20.2. The molecule has 0 saturated heterocycles. The van der Waals surface area contributed by atoms with Crippen LogP contribution in [0.15, 0.2) is 64.1 Å². The number of H-pyrrole nitrogens is 1. The van der Waals surface area contributed by atoms with Gasteiger partial charge in [-0.05, 0) is 55.3 Å². The number of benzene rings is 2. The van der Waals surface area contributed by atoms with Crippen molar-refractivity contribution in [2.24, 2.45) is 0 Å². The predicted molar refractivity (Wildman–Crippen MR) is 133 cm³/mol. The molecule has 1 aliphatic rings. The second-order valence-corrected chi connectivity index (χ2v) is 11.0. The lowest BCUT2D eigenvalue weighted by Gasteiger charge is -2.14. The fourth-order valence-corrected chi connectivity index (χ4v) is 5.96. The Kier molecular flexibility index (Phi) is 5.45. The highest BCUT2D eigenvalue weighted by Gasteiger charge is 2.39. The highest BCUT2D eigenvalue weighted by molar-refractivity contribution is 7.91. The van der Waals surface area contributed by atoms with Gasteiger partial charge in [-0.15, -0.1) is 0 Å². The number of fused-ring (bicyclic) bond motifs is 3. The number of furan rings is 1. The number of hydrogen-bond acceptors (Lipinski definition) is 5. The third-order valence-electron chi connectivity index (χ3n) is 6.53. The van der Waals surface area contributed by atoms with Crippen molar-refractivity contribution in [3.05, 3.63) is 94.0 Å². The molecule has 1 saturated carbocycles. The number of amides is 1. The normalized spacial score (nSPS) is 13.9. The van der Waals surface area contributed by atoms with E-state index >= 15 is 4.39 Å². The van der Waals surface area contributed by atoms with Crippen LogP contribution in [-0.4, -0.2) is 29.1 Å². The fourth-order valence-electron chi connectivity index (χ4n) is 4.68. The van der Waals surface area contributed by atoms with Gasteiger partial charge in [0.15, 0.2) is 0 Å². The van der Waals surface area contributed by atoms with Crippen molar-refractivity contribution in [2.45, 2.75) is 24.6 Å². The lowest BCUT2D eigenvalue weighted by atomic mass is 10.0. The highest BCUT2D eigenvalue weighted by Crippen LogP contribution is 2.41. The number of halogens is 3. The van der Waals surface area contributed by atoms with E-state index in [2.05, 4.69) is 4.98 Å². The Morgan fingerprint density at radius 2 is 1.89 bits per heavy atom. The van der Waals surface area contributed by atoms with E-state index in [1.54, 1.807) is 0 Å². The molecule has 3 aromatic heterocycles. The number of aromatic nitrogens is 2. The maximum Gasteiger partial charge on any atom is 0.282 e. The van der Waals surface area contributed by atoms with E-state index in [9.17, 15) is 26.8 Å². The minimum atomic E-state index is -4.08. The van der Waals surface area contributed by atoms with Crippen LogP contribution in [0.3, 0.4) is 0 Å². The molecule has 0 spiro atoms. The Balaban J connectivity index is 1.74. The molecule has 0 aliphatic heterocycles. The number of hydrogen-bond donors (Lipinski definition) is 2.